The second-order valence-corrected chi connectivity index (χ2v) is 6.33. The number of aliphatic imine (C=N–C) groups is 1. The van der Waals surface area contributed by atoms with E-state index in [1.807, 2.05) is 24.3 Å². The van der Waals surface area contributed by atoms with Crippen molar-refractivity contribution < 1.29 is 9.47 Å². The molecule has 1 atom stereocenters. The van der Waals surface area contributed by atoms with Gasteiger partial charge in [-0.1, -0.05) is 26.0 Å². The molecular weight excluding hydrogens is 344 g/mol. The van der Waals surface area contributed by atoms with Crippen LogP contribution in [0.4, 0.5) is 0 Å². The summed E-state index contributed by atoms with van der Waals surface area (Å²) in [7, 11) is 0. The van der Waals surface area contributed by atoms with Crippen LogP contribution < -0.4 is 20.1 Å². The van der Waals surface area contributed by atoms with Crippen molar-refractivity contribution in [2.45, 2.75) is 39.3 Å². The number of rotatable bonds is 8. The number of nitrogens with one attached hydrogen (secondary N) is 2. The summed E-state index contributed by atoms with van der Waals surface area (Å²) < 4.78 is 13.8. The van der Waals surface area contributed by atoms with Crippen LogP contribution in [0.25, 0.3) is 0 Å². The summed E-state index contributed by atoms with van der Waals surface area (Å²) in [4.78, 5) is 4.67. The molecule has 1 unspecified atom stereocenters. The number of nitrogens with zero attached hydrogens (tertiary/aromatic N) is 4. The van der Waals surface area contributed by atoms with Crippen molar-refractivity contribution in [1.82, 2.24) is 25.4 Å². The van der Waals surface area contributed by atoms with Gasteiger partial charge in [-0.05, 0) is 18.6 Å². The number of benzene rings is 1. The summed E-state index contributed by atoms with van der Waals surface area (Å²) >= 11 is 0. The van der Waals surface area contributed by atoms with E-state index in [-0.39, 0.29) is 6.10 Å². The molecule has 2 N–H and O–H groups in total. The lowest BCUT2D eigenvalue weighted by molar-refractivity contribution is 0.0971. The van der Waals surface area contributed by atoms with Crippen LogP contribution in [0, 0.1) is 0 Å². The summed E-state index contributed by atoms with van der Waals surface area (Å²) in [6, 6.07) is 7.72. The smallest absolute Gasteiger partial charge is 0.191 e. The maximum atomic E-state index is 5.97. The van der Waals surface area contributed by atoms with Crippen molar-refractivity contribution in [3.63, 3.8) is 0 Å². The van der Waals surface area contributed by atoms with Crippen molar-refractivity contribution in [2.24, 2.45) is 4.99 Å². The molecule has 1 aliphatic rings. The van der Waals surface area contributed by atoms with E-state index in [9.17, 15) is 0 Å². The Morgan fingerprint density at radius 2 is 2.04 bits per heavy atom. The molecule has 27 heavy (non-hydrogen) atoms. The van der Waals surface area contributed by atoms with Crippen LogP contribution in [0.3, 0.4) is 0 Å². The topological polar surface area (TPSA) is 85.6 Å². The molecule has 0 saturated heterocycles. The molecule has 0 radical (unpaired) electrons. The molecule has 0 saturated carbocycles. The van der Waals surface area contributed by atoms with Crippen LogP contribution in [0.15, 0.2) is 35.6 Å². The van der Waals surface area contributed by atoms with E-state index in [2.05, 4.69) is 44.2 Å². The first kappa shape index (κ1) is 19.0. The van der Waals surface area contributed by atoms with E-state index in [1.54, 1.807) is 6.33 Å². The van der Waals surface area contributed by atoms with Gasteiger partial charge in [-0.15, -0.1) is 10.2 Å². The normalized spacial score (nSPS) is 16.2. The molecule has 2 heterocycles. The van der Waals surface area contributed by atoms with Gasteiger partial charge in [0, 0.05) is 26.1 Å². The van der Waals surface area contributed by atoms with Crippen LogP contribution in [-0.4, -0.2) is 53.1 Å². The van der Waals surface area contributed by atoms with E-state index >= 15 is 0 Å². The molecule has 0 spiro atoms. The lowest BCUT2D eigenvalue weighted by Crippen LogP contribution is -2.41. The zero-order valence-electron chi connectivity index (χ0n) is 16.0. The molecule has 8 heteroatoms. The Labute approximate surface area is 160 Å². The van der Waals surface area contributed by atoms with Crippen molar-refractivity contribution in [1.29, 1.82) is 0 Å². The lowest BCUT2D eigenvalue weighted by atomic mass is 10.2. The minimum atomic E-state index is -0.0929. The minimum Gasteiger partial charge on any atom is -0.486 e. The van der Waals surface area contributed by atoms with Crippen molar-refractivity contribution >= 4 is 5.96 Å². The van der Waals surface area contributed by atoms with Gasteiger partial charge in [-0.25, -0.2) is 4.99 Å². The Morgan fingerprint density at radius 1 is 1.22 bits per heavy atom. The molecule has 3 rings (SSSR count). The summed E-state index contributed by atoms with van der Waals surface area (Å²) in [5.74, 6) is 3.34. The number of hydrogen-bond donors (Lipinski definition) is 2. The highest BCUT2D eigenvalue weighted by atomic mass is 16.6. The Kier molecular flexibility index (Phi) is 6.90. The number of guanidine groups is 1. The molecule has 0 amide bonds. The molecule has 146 valence electrons. The fourth-order valence-electron chi connectivity index (χ4n) is 2.80. The van der Waals surface area contributed by atoms with Crippen LogP contribution in [0.1, 0.15) is 26.1 Å². The standard InChI is InChI=1S/C19H28N6O2/c1-3-9-20-19(21-10-11-25-14-23-24-18(25)4-2)22-12-15-13-26-16-7-5-6-8-17(16)27-15/h5-8,14-15H,3-4,9-13H2,1-2H3,(H2,20,21,22). The van der Waals surface area contributed by atoms with E-state index in [1.165, 1.54) is 0 Å². The summed E-state index contributed by atoms with van der Waals surface area (Å²) in [6.07, 6.45) is 3.57. The first-order chi connectivity index (χ1) is 13.3. The van der Waals surface area contributed by atoms with Gasteiger partial charge in [0.2, 0.25) is 0 Å². The zero-order chi connectivity index (χ0) is 18.9. The Hall–Kier alpha value is -2.77. The van der Waals surface area contributed by atoms with Gasteiger partial charge in [0.15, 0.2) is 23.6 Å². The van der Waals surface area contributed by atoms with Gasteiger partial charge < -0.3 is 24.7 Å². The number of fused-ring (bicyclic) bond motifs is 1. The summed E-state index contributed by atoms with van der Waals surface area (Å²) in [5.41, 5.74) is 0. The number of para-hydroxylation sites is 2. The third-order valence-corrected chi connectivity index (χ3v) is 4.22. The molecule has 0 bridgehead atoms. The molecule has 2 aromatic rings. The number of aryl methyl sites for hydroxylation is 1. The second kappa shape index (κ2) is 9.80. The quantitative estimate of drug-likeness (QED) is 0.541. The molecule has 1 aromatic heterocycles. The predicted molar refractivity (Wildman–Crippen MR) is 104 cm³/mol. The summed E-state index contributed by atoms with van der Waals surface area (Å²) in [5, 5.41) is 14.8. The fourth-order valence-corrected chi connectivity index (χ4v) is 2.80. The average Bonchev–Trinajstić information content (AvgIpc) is 3.17. The van der Waals surface area contributed by atoms with Crippen LogP contribution in [0.2, 0.25) is 0 Å². The largest absolute Gasteiger partial charge is 0.486 e. The van der Waals surface area contributed by atoms with Crippen molar-refractivity contribution in [2.75, 3.05) is 26.2 Å². The van der Waals surface area contributed by atoms with E-state index in [4.69, 9.17) is 9.47 Å². The second-order valence-electron chi connectivity index (χ2n) is 6.33. The maximum absolute atomic E-state index is 5.97. The summed E-state index contributed by atoms with van der Waals surface area (Å²) in [6.45, 7) is 7.63. The number of ether oxygens (including phenoxy) is 2. The zero-order valence-corrected chi connectivity index (χ0v) is 16.0. The molecule has 8 nitrogen and oxygen atoms in total. The Morgan fingerprint density at radius 3 is 2.85 bits per heavy atom. The van der Waals surface area contributed by atoms with Gasteiger partial charge >= 0.3 is 0 Å². The van der Waals surface area contributed by atoms with Crippen molar-refractivity contribution in [3.05, 3.63) is 36.4 Å². The molecular formula is C19H28N6O2. The number of aromatic nitrogens is 3. The molecule has 1 aliphatic heterocycles. The van der Waals surface area contributed by atoms with Gasteiger partial charge in [-0.3, -0.25) is 0 Å². The first-order valence-electron chi connectivity index (χ1n) is 9.57. The Bertz CT molecular complexity index is 745. The van der Waals surface area contributed by atoms with Gasteiger partial charge in [0.25, 0.3) is 0 Å². The highest BCUT2D eigenvalue weighted by Gasteiger charge is 2.20. The van der Waals surface area contributed by atoms with Gasteiger partial charge in [0.05, 0.1) is 6.54 Å². The van der Waals surface area contributed by atoms with Gasteiger partial charge in [-0.2, -0.15) is 0 Å². The Balaban J connectivity index is 1.52. The SMILES string of the molecule is CCCNC(=NCC1COc2ccccc2O1)NCCn1cnnc1CC. The maximum Gasteiger partial charge on any atom is 0.191 e. The monoisotopic (exact) mass is 372 g/mol. The van der Waals surface area contributed by atoms with E-state index in [0.29, 0.717) is 13.2 Å². The lowest BCUT2D eigenvalue weighted by Gasteiger charge is -2.25. The molecule has 0 fully saturated rings. The average molecular weight is 372 g/mol. The number of hydrogen-bond acceptors (Lipinski definition) is 5. The molecule has 0 aliphatic carbocycles. The highest BCUT2D eigenvalue weighted by Crippen LogP contribution is 2.30. The van der Waals surface area contributed by atoms with Crippen LogP contribution >= 0.6 is 0 Å². The van der Waals surface area contributed by atoms with Crippen molar-refractivity contribution in [3.8, 4) is 11.5 Å². The third-order valence-electron chi connectivity index (χ3n) is 4.22. The predicted octanol–water partition coefficient (Wildman–Crippen LogP) is 1.63. The minimum absolute atomic E-state index is 0.0929. The van der Waals surface area contributed by atoms with Gasteiger partial charge in [0.1, 0.15) is 18.8 Å². The van der Waals surface area contributed by atoms with Crippen LogP contribution in [-0.2, 0) is 13.0 Å². The highest BCUT2D eigenvalue weighted by molar-refractivity contribution is 5.79. The first-order valence-corrected chi connectivity index (χ1v) is 9.57. The van der Waals surface area contributed by atoms with E-state index < -0.39 is 0 Å². The fraction of sp³-hybridized carbons (Fsp3) is 0.526. The molecule has 1 aromatic carbocycles. The van der Waals surface area contributed by atoms with Crippen LogP contribution in [0.5, 0.6) is 11.5 Å². The third kappa shape index (κ3) is 5.35. The van der Waals surface area contributed by atoms with E-state index in [0.717, 1.165) is 55.8 Å².